The van der Waals surface area contributed by atoms with Gasteiger partial charge >= 0.3 is 0 Å². The molecule has 1 amide bonds. The second kappa shape index (κ2) is 4.94. The average Bonchev–Trinajstić information content (AvgIpc) is 2.81. The number of amides is 1. The Hall–Kier alpha value is -1.99. The minimum Gasteiger partial charge on any atom is -0.375 e. The first-order valence-corrected chi connectivity index (χ1v) is 6.61. The number of anilines is 1. The van der Waals surface area contributed by atoms with E-state index in [4.69, 9.17) is 4.74 Å². The molecule has 0 atom stereocenters. The summed E-state index contributed by atoms with van der Waals surface area (Å²) in [6, 6.07) is 3.09. The van der Waals surface area contributed by atoms with Gasteiger partial charge in [-0.15, -0.1) is 0 Å². The summed E-state index contributed by atoms with van der Waals surface area (Å²) in [6.45, 7) is 1.19. The number of carbonyl (C=O) groups is 1. The van der Waals surface area contributed by atoms with E-state index in [-0.39, 0.29) is 5.56 Å². The predicted octanol–water partition coefficient (Wildman–Crippen LogP) is 1.16. The standard InChI is InChI=1S/C12H11N3O3S/c16-10-7(2-1-4-13-10)11(17)15-12-14-8-3-5-18-6-9(8)19-12/h1-2,4H,3,5-6H2,(H,13,16)(H,14,15,17). The lowest BCUT2D eigenvalue weighted by atomic mass is 10.2. The van der Waals surface area contributed by atoms with Crippen molar-refractivity contribution in [1.82, 2.24) is 9.97 Å². The molecule has 3 heterocycles. The van der Waals surface area contributed by atoms with E-state index in [1.807, 2.05) is 0 Å². The zero-order valence-electron chi connectivity index (χ0n) is 9.93. The van der Waals surface area contributed by atoms with Crippen molar-refractivity contribution in [1.29, 1.82) is 0 Å². The van der Waals surface area contributed by atoms with Crippen molar-refractivity contribution in [2.24, 2.45) is 0 Å². The van der Waals surface area contributed by atoms with E-state index in [9.17, 15) is 9.59 Å². The zero-order valence-corrected chi connectivity index (χ0v) is 10.8. The zero-order chi connectivity index (χ0) is 13.2. The largest absolute Gasteiger partial charge is 0.375 e. The molecule has 0 fully saturated rings. The first-order chi connectivity index (χ1) is 9.24. The molecular weight excluding hydrogens is 266 g/mol. The van der Waals surface area contributed by atoms with Crippen LogP contribution < -0.4 is 10.9 Å². The molecule has 0 aliphatic carbocycles. The van der Waals surface area contributed by atoms with Crippen LogP contribution in [0.25, 0.3) is 0 Å². The maximum Gasteiger partial charge on any atom is 0.263 e. The van der Waals surface area contributed by atoms with E-state index in [2.05, 4.69) is 15.3 Å². The Labute approximate surface area is 112 Å². The van der Waals surface area contributed by atoms with Crippen molar-refractivity contribution in [3.05, 3.63) is 44.8 Å². The number of hydrogen-bond donors (Lipinski definition) is 2. The topological polar surface area (TPSA) is 84.1 Å². The molecule has 2 N–H and O–H groups in total. The van der Waals surface area contributed by atoms with Crippen LogP contribution >= 0.6 is 11.3 Å². The van der Waals surface area contributed by atoms with Gasteiger partial charge in [-0.3, -0.25) is 14.9 Å². The first kappa shape index (κ1) is 12.1. The highest BCUT2D eigenvalue weighted by Gasteiger charge is 2.18. The van der Waals surface area contributed by atoms with Gasteiger partial charge in [-0.1, -0.05) is 11.3 Å². The van der Waals surface area contributed by atoms with Crippen LogP contribution in [0, 0.1) is 0 Å². The highest BCUT2D eigenvalue weighted by molar-refractivity contribution is 7.15. The molecule has 1 aliphatic heterocycles. The van der Waals surface area contributed by atoms with Gasteiger partial charge in [0.1, 0.15) is 5.56 Å². The van der Waals surface area contributed by atoms with E-state index in [0.29, 0.717) is 18.3 Å². The molecule has 2 aromatic heterocycles. The fourth-order valence-corrected chi connectivity index (χ4v) is 2.78. The van der Waals surface area contributed by atoms with Crippen LogP contribution in [-0.2, 0) is 17.8 Å². The molecule has 3 rings (SSSR count). The summed E-state index contributed by atoms with van der Waals surface area (Å²) >= 11 is 1.38. The number of carbonyl (C=O) groups excluding carboxylic acids is 1. The maximum absolute atomic E-state index is 12.0. The highest BCUT2D eigenvalue weighted by atomic mass is 32.1. The summed E-state index contributed by atoms with van der Waals surface area (Å²) in [4.78, 5) is 31.3. The monoisotopic (exact) mass is 277 g/mol. The number of ether oxygens (including phenoxy) is 1. The number of aromatic amines is 1. The molecular formula is C12H11N3O3S. The molecule has 0 bridgehead atoms. The number of hydrogen-bond acceptors (Lipinski definition) is 5. The van der Waals surface area contributed by atoms with Gasteiger partial charge < -0.3 is 9.72 Å². The number of nitrogens with zero attached hydrogens (tertiary/aromatic N) is 1. The molecule has 0 radical (unpaired) electrons. The number of thiazole rings is 1. The summed E-state index contributed by atoms with van der Waals surface area (Å²) in [7, 11) is 0. The second-order valence-electron chi connectivity index (χ2n) is 4.06. The summed E-state index contributed by atoms with van der Waals surface area (Å²) in [5.41, 5.74) is 0.630. The Morgan fingerprint density at radius 2 is 2.42 bits per heavy atom. The van der Waals surface area contributed by atoms with E-state index >= 15 is 0 Å². The predicted molar refractivity (Wildman–Crippen MR) is 70.5 cm³/mol. The van der Waals surface area contributed by atoms with E-state index in [1.165, 1.54) is 23.6 Å². The van der Waals surface area contributed by atoms with Crippen LogP contribution in [0.4, 0.5) is 5.13 Å². The fourth-order valence-electron chi connectivity index (χ4n) is 1.84. The molecule has 1 aliphatic rings. The van der Waals surface area contributed by atoms with Gasteiger partial charge in [0.15, 0.2) is 5.13 Å². The van der Waals surface area contributed by atoms with E-state index in [0.717, 1.165) is 17.0 Å². The Balaban J connectivity index is 1.82. The van der Waals surface area contributed by atoms with Gasteiger partial charge in [-0.2, -0.15) is 0 Å². The lowest BCUT2D eigenvalue weighted by Crippen LogP contribution is -2.22. The van der Waals surface area contributed by atoms with Gasteiger partial charge in [0.05, 0.1) is 23.8 Å². The summed E-state index contributed by atoms with van der Waals surface area (Å²) in [5, 5.41) is 3.15. The van der Waals surface area contributed by atoms with Gasteiger partial charge in [0.25, 0.3) is 11.5 Å². The molecule has 0 unspecified atom stereocenters. The van der Waals surface area contributed by atoms with E-state index in [1.54, 1.807) is 6.07 Å². The molecule has 6 nitrogen and oxygen atoms in total. The maximum atomic E-state index is 12.0. The number of nitrogens with one attached hydrogen (secondary N) is 2. The number of pyridine rings is 1. The minimum atomic E-state index is -0.450. The summed E-state index contributed by atoms with van der Waals surface area (Å²) in [5.74, 6) is -0.450. The van der Waals surface area contributed by atoms with Crippen LogP contribution in [0.3, 0.4) is 0 Å². The lowest BCUT2D eigenvalue weighted by molar-refractivity contribution is 0.102. The number of fused-ring (bicyclic) bond motifs is 1. The van der Waals surface area contributed by atoms with Crippen molar-refractivity contribution in [3.63, 3.8) is 0 Å². The van der Waals surface area contributed by atoms with Gasteiger partial charge in [-0.25, -0.2) is 4.98 Å². The third-order valence-electron chi connectivity index (χ3n) is 2.78. The van der Waals surface area contributed by atoms with Crippen molar-refractivity contribution in [2.45, 2.75) is 13.0 Å². The molecule has 0 spiro atoms. The molecule has 7 heteroatoms. The SMILES string of the molecule is O=C(Nc1nc2c(s1)COCC2)c1ccc[nH]c1=O. The molecule has 0 aromatic carbocycles. The van der Waals surface area contributed by atoms with Gasteiger partial charge in [-0.05, 0) is 12.1 Å². The number of aromatic nitrogens is 2. The smallest absolute Gasteiger partial charge is 0.263 e. The first-order valence-electron chi connectivity index (χ1n) is 5.79. The minimum absolute atomic E-state index is 0.0759. The van der Waals surface area contributed by atoms with Crippen LogP contribution in [0.5, 0.6) is 0 Å². The fraction of sp³-hybridized carbons (Fsp3) is 0.250. The molecule has 0 saturated carbocycles. The van der Waals surface area contributed by atoms with E-state index < -0.39 is 11.5 Å². The van der Waals surface area contributed by atoms with Crippen LogP contribution in [0.1, 0.15) is 20.9 Å². The second-order valence-corrected chi connectivity index (χ2v) is 5.14. The summed E-state index contributed by atoms with van der Waals surface area (Å²) in [6.07, 6.45) is 2.24. The highest BCUT2D eigenvalue weighted by Crippen LogP contribution is 2.27. The lowest BCUT2D eigenvalue weighted by Gasteiger charge is -2.08. The third kappa shape index (κ3) is 2.42. The van der Waals surface area contributed by atoms with Crippen LogP contribution in [0.2, 0.25) is 0 Å². The Kier molecular flexibility index (Phi) is 3.14. The third-order valence-corrected chi connectivity index (χ3v) is 3.76. The number of rotatable bonds is 2. The Morgan fingerprint density at radius 3 is 3.21 bits per heavy atom. The average molecular weight is 277 g/mol. The Bertz CT molecular complexity index is 653. The molecule has 2 aromatic rings. The van der Waals surface area contributed by atoms with Gasteiger partial charge in [0.2, 0.25) is 0 Å². The molecule has 0 saturated heterocycles. The quantitative estimate of drug-likeness (QED) is 0.862. The molecule has 98 valence electrons. The molecule has 19 heavy (non-hydrogen) atoms. The van der Waals surface area contributed by atoms with Crippen LogP contribution in [-0.4, -0.2) is 22.5 Å². The Morgan fingerprint density at radius 1 is 1.53 bits per heavy atom. The number of H-pyrrole nitrogens is 1. The van der Waals surface area contributed by atoms with Crippen molar-refractivity contribution < 1.29 is 9.53 Å². The summed E-state index contributed by atoms with van der Waals surface area (Å²) < 4.78 is 5.32. The van der Waals surface area contributed by atoms with Gasteiger partial charge in [0, 0.05) is 12.6 Å². The normalized spacial score (nSPS) is 13.9. The van der Waals surface area contributed by atoms with Crippen molar-refractivity contribution >= 4 is 22.4 Å². The van der Waals surface area contributed by atoms with Crippen molar-refractivity contribution in [2.75, 3.05) is 11.9 Å². The van der Waals surface area contributed by atoms with Crippen LogP contribution in [0.15, 0.2) is 23.1 Å². The van der Waals surface area contributed by atoms with Crippen molar-refractivity contribution in [3.8, 4) is 0 Å².